The van der Waals surface area contributed by atoms with E-state index in [0.29, 0.717) is 12.5 Å². The second-order valence-electron chi connectivity index (χ2n) is 2.31. The van der Waals surface area contributed by atoms with E-state index in [2.05, 4.69) is 12.2 Å². The topological polar surface area (TPSA) is 55.1 Å². The van der Waals surface area contributed by atoms with Crippen LogP contribution < -0.4 is 11.1 Å². The summed E-state index contributed by atoms with van der Waals surface area (Å²) >= 11 is 1.77. The van der Waals surface area contributed by atoms with Gasteiger partial charge in [-0.2, -0.15) is 11.8 Å². The lowest BCUT2D eigenvalue weighted by molar-refractivity contribution is 0.248. The van der Waals surface area contributed by atoms with Gasteiger partial charge in [0, 0.05) is 6.54 Å². The first-order chi connectivity index (χ1) is 4.66. The summed E-state index contributed by atoms with van der Waals surface area (Å²) < 4.78 is 0. The Morgan fingerprint density at radius 3 is 2.80 bits per heavy atom. The number of nitrogens with one attached hydrogen (secondary N) is 1. The summed E-state index contributed by atoms with van der Waals surface area (Å²) in [5.74, 6) is 1.56. The van der Waals surface area contributed by atoms with E-state index in [9.17, 15) is 4.79 Å². The molecule has 0 saturated carbocycles. The molecule has 0 rings (SSSR count). The Morgan fingerprint density at radius 1 is 1.80 bits per heavy atom. The van der Waals surface area contributed by atoms with Gasteiger partial charge in [-0.15, -0.1) is 0 Å². The summed E-state index contributed by atoms with van der Waals surface area (Å²) in [5.41, 5.74) is 4.88. The van der Waals surface area contributed by atoms with Gasteiger partial charge in [-0.3, -0.25) is 0 Å². The highest BCUT2D eigenvalue weighted by atomic mass is 32.2. The van der Waals surface area contributed by atoms with Crippen molar-refractivity contribution in [2.24, 2.45) is 11.7 Å². The van der Waals surface area contributed by atoms with Crippen LogP contribution in [0.3, 0.4) is 0 Å². The summed E-state index contributed by atoms with van der Waals surface area (Å²) in [7, 11) is 0. The molecule has 10 heavy (non-hydrogen) atoms. The highest BCUT2D eigenvalue weighted by molar-refractivity contribution is 7.98. The van der Waals surface area contributed by atoms with Crippen molar-refractivity contribution in [3.63, 3.8) is 0 Å². The molecular formula is C6H14N2OS. The van der Waals surface area contributed by atoms with Crippen molar-refractivity contribution < 1.29 is 4.79 Å². The molecule has 3 nitrogen and oxygen atoms in total. The SMILES string of the molecule is CSCC(C)CNC(N)=O. The number of hydrogen-bond donors (Lipinski definition) is 2. The lowest BCUT2D eigenvalue weighted by Gasteiger charge is -2.08. The number of nitrogens with two attached hydrogens (primary N) is 1. The zero-order chi connectivity index (χ0) is 7.98. The van der Waals surface area contributed by atoms with Crippen LogP contribution in [0.25, 0.3) is 0 Å². The van der Waals surface area contributed by atoms with Crippen LogP contribution in [0.2, 0.25) is 0 Å². The van der Waals surface area contributed by atoms with Gasteiger partial charge in [0.15, 0.2) is 0 Å². The largest absolute Gasteiger partial charge is 0.352 e. The fourth-order valence-electron chi connectivity index (χ4n) is 0.618. The Labute approximate surface area is 65.7 Å². The number of primary amides is 1. The minimum Gasteiger partial charge on any atom is -0.352 e. The molecule has 0 aromatic heterocycles. The first kappa shape index (κ1) is 9.62. The minimum absolute atomic E-state index is 0.437. The monoisotopic (exact) mass is 162 g/mol. The van der Waals surface area contributed by atoms with Crippen molar-refractivity contribution in [1.29, 1.82) is 0 Å². The third kappa shape index (κ3) is 5.75. The van der Waals surface area contributed by atoms with Gasteiger partial charge in [-0.1, -0.05) is 6.92 Å². The standard InChI is InChI=1S/C6H14N2OS/c1-5(4-10-2)3-8-6(7)9/h5H,3-4H2,1-2H3,(H3,7,8,9). The predicted molar refractivity (Wildman–Crippen MR) is 45.1 cm³/mol. The van der Waals surface area contributed by atoms with Gasteiger partial charge in [-0.05, 0) is 17.9 Å². The normalized spacial score (nSPS) is 12.6. The molecule has 0 aromatic rings. The van der Waals surface area contributed by atoms with Crippen LogP contribution >= 0.6 is 11.8 Å². The van der Waals surface area contributed by atoms with Crippen molar-refractivity contribution in [2.75, 3.05) is 18.6 Å². The number of carbonyl (C=O) groups is 1. The van der Waals surface area contributed by atoms with E-state index in [-0.39, 0.29) is 0 Å². The number of hydrogen-bond acceptors (Lipinski definition) is 2. The van der Waals surface area contributed by atoms with E-state index in [4.69, 9.17) is 5.73 Å². The Bertz CT molecular complexity index is 108. The molecule has 0 spiro atoms. The molecule has 3 N–H and O–H groups in total. The summed E-state index contributed by atoms with van der Waals surface area (Å²) in [5, 5.41) is 2.56. The molecule has 0 bridgehead atoms. The minimum atomic E-state index is -0.437. The third-order valence-corrected chi connectivity index (χ3v) is 1.98. The number of urea groups is 1. The molecule has 1 unspecified atom stereocenters. The second-order valence-corrected chi connectivity index (χ2v) is 3.22. The lowest BCUT2D eigenvalue weighted by Crippen LogP contribution is -2.33. The van der Waals surface area contributed by atoms with Crippen molar-refractivity contribution in [1.82, 2.24) is 5.32 Å². The number of thioether (sulfide) groups is 1. The van der Waals surface area contributed by atoms with E-state index >= 15 is 0 Å². The third-order valence-electron chi connectivity index (χ3n) is 1.08. The Kier molecular flexibility index (Phi) is 5.20. The molecule has 0 aliphatic heterocycles. The van der Waals surface area contributed by atoms with Crippen LogP contribution in [0, 0.1) is 5.92 Å². The van der Waals surface area contributed by atoms with Crippen molar-refractivity contribution in [3.8, 4) is 0 Å². The van der Waals surface area contributed by atoms with E-state index in [1.54, 1.807) is 11.8 Å². The molecular weight excluding hydrogens is 148 g/mol. The van der Waals surface area contributed by atoms with E-state index < -0.39 is 6.03 Å². The fraction of sp³-hybridized carbons (Fsp3) is 0.833. The van der Waals surface area contributed by atoms with Crippen LogP contribution in [0.15, 0.2) is 0 Å². The Hall–Kier alpha value is -0.380. The highest BCUT2D eigenvalue weighted by Gasteiger charge is 2.00. The van der Waals surface area contributed by atoms with E-state index in [1.807, 2.05) is 6.26 Å². The van der Waals surface area contributed by atoms with Crippen LogP contribution in [-0.2, 0) is 0 Å². The Balaban J connectivity index is 3.21. The van der Waals surface area contributed by atoms with Crippen LogP contribution in [0.4, 0.5) is 4.79 Å². The average Bonchev–Trinajstić information content (AvgIpc) is 1.85. The maximum Gasteiger partial charge on any atom is 0.312 e. The first-order valence-electron chi connectivity index (χ1n) is 3.19. The summed E-state index contributed by atoms with van der Waals surface area (Å²) in [6, 6.07) is -0.437. The molecule has 2 amide bonds. The molecule has 0 aromatic carbocycles. The van der Waals surface area contributed by atoms with Gasteiger partial charge in [-0.25, -0.2) is 4.79 Å². The summed E-state index contributed by atoms with van der Waals surface area (Å²) in [6.07, 6.45) is 2.04. The van der Waals surface area contributed by atoms with Crippen LogP contribution in [0.5, 0.6) is 0 Å². The maximum absolute atomic E-state index is 10.2. The van der Waals surface area contributed by atoms with Crippen LogP contribution in [0.1, 0.15) is 6.92 Å². The van der Waals surface area contributed by atoms with Gasteiger partial charge < -0.3 is 11.1 Å². The van der Waals surface area contributed by atoms with Crippen LogP contribution in [-0.4, -0.2) is 24.6 Å². The van der Waals surface area contributed by atoms with Crippen molar-refractivity contribution in [2.45, 2.75) is 6.92 Å². The number of rotatable bonds is 4. The quantitative estimate of drug-likeness (QED) is 0.638. The lowest BCUT2D eigenvalue weighted by atomic mass is 10.2. The zero-order valence-electron chi connectivity index (χ0n) is 6.39. The molecule has 0 aliphatic carbocycles. The predicted octanol–water partition coefficient (Wildman–Crippen LogP) is 0.654. The molecule has 0 saturated heterocycles. The van der Waals surface area contributed by atoms with Crippen molar-refractivity contribution >= 4 is 17.8 Å². The van der Waals surface area contributed by atoms with Gasteiger partial charge >= 0.3 is 6.03 Å². The number of carbonyl (C=O) groups excluding carboxylic acids is 1. The average molecular weight is 162 g/mol. The molecule has 1 atom stereocenters. The van der Waals surface area contributed by atoms with Gasteiger partial charge in [0.25, 0.3) is 0 Å². The van der Waals surface area contributed by atoms with Gasteiger partial charge in [0.2, 0.25) is 0 Å². The molecule has 60 valence electrons. The molecule has 0 radical (unpaired) electrons. The molecule has 0 aliphatic rings. The maximum atomic E-state index is 10.2. The summed E-state index contributed by atoms with van der Waals surface area (Å²) in [4.78, 5) is 10.2. The van der Waals surface area contributed by atoms with E-state index in [0.717, 1.165) is 5.75 Å². The molecule has 0 fully saturated rings. The van der Waals surface area contributed by atoms with Crippen molar-refractivity contribution in [3.05, 3.63) is 0 Å². The molecule has 0 heterocycles. The highest BCUT2D eigenvalue weighted by Crippen LogP contribution is 2.01. The first-order valence-corrected chi connectivity index (χ1v) is 4.58. The smallest absolute Gasteiger partial charge is 0.312 e. The van der Waals surface area contributed by atoms with Gasteiger partial charge in [0.05, 0.1) is 0 Å². The second kappa shape index (κ2) is 5.41. The summed E-state index contributed by atoms with van der Waals surface area (Å²) in [6.45, 7) is 2.75. The molecule has 4 heteroatoms. The Morgan fingerprint density at radius 2 is 2.40 bits per heavy atom. The van der Waals surface area contributed by atoms with E-state index in [1.165, 1.54) is 0 Å². The van der Waals surface area contributed by atoms with Gasteiger partial charge in [0.1, 0.15) is 0 Å². The fourth-order valence-corrected chi connectivity index (χ4v) is 1.31. The number of amides is 2. The zero-order valence-corrected chi connectivity index (χ0v) is 7.20.